The van der Waals surface area contributed by atoms with E-state index in [0.29, 0.717) is 0 Å². The Morgan fingerprint density at radius 2 is 1.71 bits per heavy atom. The highest BCUT2D eigenvalue weighted by Gasteiger charge is 2.23. The third kappa shape index (κ3) is 3.39. The number of aliphatic hydroxyl groups excluding tert-OH is 1. The number of nitrogens with one attached hydrogen (secondary N) is 1. The highest BCUT2D eigenvalue weighted by molar-refractivity contribution is 9.10. The summed E-state index contributed by atoms with van der Waals surface area (Å²) < 4.78 is 54.4. The topological polar surface area (TPSA) is 66.4 Å². The van der Waals surface area contributed by atoms with Gasteiger partial charge in [-0.15, -0.1) is 0 Å². The molecule has 0 saturated heterocycles. The zero-order valence-corrected chi connectivity index (χ0v) is 12.9. The number of rotatable bonds is 4. The van der Waals surface area contributed by atoms with Crippen molar-refractivity contribution in [3.63, 3.8) is 0 Å². The van der Waals surface area contributed by atoms with E-state index in [1.807, 2.05) is 0 Å². The van der Waals surface area contributed by atoms with Gasteiger partial charge in [0, 0.05) is 10.2 Å². The van der Waals surface area contributed by atoms with Crippen molar-refractivity contribution in [2.45, 2.75) is 11.5 Å². The third-order valence-corrected chi connectivity index (χ3v) is 4.62. The van der Waals surface area contributed by atoms with Crippen molar-refractivity contribution in [2.75, 3.05) is 4.72 Å². The lowest BCUT2D eigenvalue weighted by molar-refractivity contribution is 0.267. The number of benzene rings is 2. The Morgan fingerprint density at radius 1 is 1.10 bits per heavy atom. The second-order valence-corrected chi connectivity index (χ2v) is 6.68. The van der Waals surface area contributed by atoms with Crippen LogP contribution in [-0.2, 0) is 16.6 Å². The molecule has 0 bridgehead atoms. The van der Waals surface area contributed by atoms with E-state index in [9.17, 15) is 17.2 Å². The smallest absolute Gasteiger partial charge is 0.264 e. The van der Waals surface area contributed by atoms with Crippen LogP contribution in [0.5, 0.6) is 0 Å². The summed E-state index contributed by atoms with van der Waals surface area (Å²) in [5.41, 5.74) is -0.457. The quantitative estimate of drug-likeness (QED) is 0.860. The Hall–Kier alpha value is -1.51. The molecule has 0 fully saturated rings. The first-order valence-electron chi connectivity index (χ1n) is 5.71. The molecule has 0 radical (unpaired) electrons. The van der Waals surface area contributed by atoms with Gasteiger partial charge in [-0.25, -0.2) is 17.2 Å². The maximum absolute atomic E-state index is 14.0. The first-order chi connectivity index (χ1) is 9.85. The molecule has 2 aromatic carbocycles. The molecule has 0 aromatic heterocycles. The van der Waals surface area contributed by atoms with Crippen molar-refractivity contribution in [2.24, 2.45) is 0 Å². The molecule has 0 aliphatic rings. The average Bonchev–Trinajstić information content (AvgIpc) is 2.41. The van der Waals surface area contributed by atoms with Crippen molar-refractivity contribution in [3.8, 4) is 0 Å². The fourth-order valence-electron chi connectivity index (χ4n) is 1.66. The summed E-state index contributed by atoms with van der Waals surface area (Å²) in [6, 6.07) is 7.79. The molecule has 2 N–H and O–H groups in total. The summed E-state index contributed by atoms with van der Waals surface area (Å²) in [6.07, 6.45) is 0. The Bertz CT molecular complexity index is 764. The maximum atomic E-state index is 14.0. The van der Waals surface area contributed by atoms with E-state index >= 15 is 0 Å². The molecule has 21 heavy (non-hydrogen) atoms. The lowest BCUT2D eigenvalue weighted by atomic mass is 10.2. The molecule has 0 amide bonds. The fourth-order valence-corrected chi connectivity index (χ4v) is 3.08. The van der Waals surface area contributed by atoms with Crippen LogP contribution in [0.3, 0.4) is 0 Å². The average molecular weight is 378 g/mol. The molecule has 0 aliphatic carbocycles. The molecule has 0 atom stereocenters. The molecule has 0 heterocycles. The third-order valence-electron chi connectivity index (χ3n) is 2.69. The zero-order chi connectivity index (χ0) is 15.6. The number of aliphatic hydroxyl groups is 1. The van der Waals surface area contributed by atoms with Gasteiger partial charge in [0.25, 0.3) is 10.0 Å². The van der Waals surface area contributed by atoms with E-state index in [0.717, 1.165) is 16.6 Å². The number of sulfonamides is 1. The van der Waals surface area contributed by atoms with Crippen LogP contribution < -0.4 is 4.72 Å². The zero-order valence-electron chi connectivity index (χ0n) is 10.5. The molecule has 0 aliphatic heterocycles. The molecular formula is C13H10BrF2NO3S. The molecule has 4 nitrogen and oxygen atoms in total. The number of anilines is 1. The normalized spacial score (nSPS) is 11.4. The van der Waals surface area contributed by atoms with Crippen molar-refractivity contribution < 1.29 is 22.3 Å². The standard InChI is InChI=1S/C13H10BrF2NO3S/c14-8-1-3-9(4-2-8)17-21(19,20)12-6-5-11(15)10(7-18)13(12)16/h1-6,17-18H,7H2. The lowest BCUT2D eigenvalue weighted by Crippen LogP contribution is -2.16. The van der Waals surface area contributed by atoms with Gasteiger partial charge in [0.05, 0.1) is 12.2 Å². The van der Waals surface area contributed by atoms with Crippen LogP contribution in [0, 0.1) is 11.6 Å². The molecule has 0 unspecified atom stereocenters. The molecular weight excluding hydrogens is 368 g/mol. The first kappa shape index (κ1) is 15.9. The summed E-state index contributed by atoms with van der Waals surface area (Å²) in [5.74, 6) is -2.31. The van der Waals surface area contributed by atoms with Crippen LogP contribution in [0.25, 0.3) is 0 Å². The van der Waals surface area contributed by atoms with Crippen LogP contribution in [-0.4, -0.2) is 13.5 Å². The summed E-state index contributed by atoms with van der Waals surface area (Å²) in [4.78, 5) is -0.726. The molecule has 2 rings (SSSR count). The monoisotopic (exact) mass is 377 g/mol. The largest absolute Gasteiger partial charge is 0.391 e. The minimum Gasteiger partial charge on any atom is -0.391 e. The van der Waals surface area contributed by atoms with Gasteiger partial charge in [0.2, 0.25) is 0 Å². The summed E-state index contributed by atoms with van der Waals surface area (Å²) >= 11 is 3.20. The molecule has 2 aromatic rings. The maximum Gasteiger partial charge on any atom is 0.264 e. The second-order valence-electron chi connectivity index (χ2n) is 4.11. The SMILES string of the molecule is O=S(=O)(Nc1ccc(Br)cc1)c1ccc(F)c(CO)c1F. The number of hydrogen-bond acceptors (Lipinski definition) is 3. The predicted octanol–water partition coefficient (Wildman–Crippen LogP) is 3.02. The Labute approximate surface area is 128 Å². The molecule has 112 valence electrons. The molecule has 0 saturated carbocycles. The van der Waals surface area contributed by atoms with Gasteiger partial charge in [-0.3, -0.25) is 4.72 Å². The van der Waals surface area contributed by atoms with E-state index in [2.05, 4.69) is 20.7 Å². The summed E-state index contributed by atoms with van der Waals surface area (Å²) in [7, 11) is -4.22. The van der Waals surface area contributed by atoms with Crippen molar-refractivity contribution in [1.82, 2.24) is 0 Å². The van der Waals surface area contributed by atoms with Crippen LogP contribution >= 0.6 is 15.9 Å². The van der Waals surface area contributed by atoms with E-state index in [1.54, 1.807) is 12.1 Å². The lowest BCUT2D eigenvalue weighted by Gasteiger charge is -2.11. The Kier molecular flexibility index (Phi) is 4.60. The van der Waals surface area contributed by atoms with Crippen molar-refractivity contribution in [1.29, 1.82) is 0 Å². The second kappa shape index (κ2) is 6.08. The van der Waals surface area contributed by atoms with Gasteiger partial charge in [-0.2, -0.15) is 0 Å². The minimum atomic E-state index is -4.22. The van der Waals surface area contributed by atoms with Crippen molar-refractivity contribution >= 4 is 31.6 Å². The van der Waals surface area contributed by atoms with E-state index in [-0.39, 0.29) is 5.69 Å². The number of hydrogen-bond donors (Lipinski definition) is 2. The molecule has 0 spiro atoms. The Balaban J connectivity index is 2.42. The minimum absolute atomic E-state index is 0.229. The first-order valence-corrected chi connectivity index (χ1v) is 7.99. The van der Waals surface area contributed by atoms with Crippen LogP contribution in [0.4, 0.5) is 14.5 Å². The van der Waals surface area contributed by atoms with Gasteiger partial charge < -0.3 is 5.11 Å². The van der Waals surface area contributed by atoms with Gasteiger partial charge in [-0.05, 0) is 36.4 Å². The van der Waals surface area contributed by atoms with Gasteiger partial charge in [-0.1, -0.05) is 15.9 Å². The Morgan fingerprint density at radius 3 is 2.29 bits per heavy atom. The summed E-state index contributed by atoms with van der Waals surface area (Å²) in [6.45, 7) is -0.931. The highest BCUT2D eigenvalue weighted by atomic mass is 79.9. The van der Waals surface area contributed by atoms with E-state index in [4.69, 9.17) is 5.11 Å². The van der Waals surface area contributed by atoms with Gasteiger partial charge in [0.15, 0.2) is 5.82 Å². The van der Waals surface area contributed by atoms with Crippen LogP contribution in [0.1, 0.15) is 5.56 Å². The van der Waals surface area contributed by atoms with Gasteiger partial charge >= 0.3 is 0 Å². The van der Waals surface area contributed by atoms with Crippen LogP contribution in [0.15, 0.2) is 45.8 Å². The highest BCUT2D eigenvalue weighted by Crippen LogP contribution is 2.24. The van der Waals surface area contributed by atoms with Gasteiger partial charge in [0.1, 0.15) is 10.7 Å². The van der Waals surface area contributed by atoms with E-state index < -0.39 is 38.7 Å². The fraction of sp³-hybridized carbons (Fsp3) is 0.0769. The number of halogens is 3. The molecule has 8 heteroatoms. The van der Waals surface area contributed by atoms with E-state index in [1.165, 1.54) is 12.1 Å². The van der Waals surface area contributed by atoms with Crippen molar-refractivity contribution in [3.05, 3.63) is 58.1 Å². The summed E-state index contributed by atoms with van der Waals surface area (Å²) in [5, 5.41) is 8.91. The predicted molar refractivity (Wildman–Crippen MR) is 77.2 cm³/mol. The van der Waals surface area contributed by atoms with Crippen LogP contribution in [0.2, 0.25) is 0 Å².